The van der Waals surface area contributed by atoms with Gasteiger partial charge in [0.25, 0.3) is 0 Å². The SMILES string of the molecule is COC1(OC)CC(C#Cc2c(Br)cccc2OCc2ccccc2)C1. The normalized spacial score (nSPS) is 15.8. The van der Waals surface area contributed by atoms with E-state index in [0.29, 0.717) is 6.61 Å². The van der Waals surface area contributed by atoms with Gasteiger partial charge in [-0.25, -0.2) is 0 Å². The predicted octanol–water partition coefficient (Wildman–Crippen LogP) is 4.78. The number of halogens is 1. The zero-order chi connectivity index (χ0) is 17.7. The summed E-state index contributed by atoms with van der Waals surface area (Å²) in [6.07, 6.45) is 1.58. The van der Waals surface area contributed by atoms with Crippen molar-refractivity contribution in [1.82, 2.24) is 0 Å². The molecule has 0 N–H and O–H groups in total. The molecule has 0 atom stereocenters. The maximum atomic E-state index is 5.99. The highest BCUT2D eigenvalue weighted by Gasteiger charge is 2.44. The Bertz CT molecular complexity index is 765. The molecular formula is C21H21BrO3. The third-order valence-corrected chi connectivity index (χ3v) is 5.13. The van der Waals surface area contributed by atoms with Gasteiger partial charge in [0.1, 0.15) is 12.4 Å². The quantitative estimate of drug-likeness (QED) is 0.533. The molecule has 0 unspecified atom stereocenters. The summed E-state index contributed by atoms with van der Waals surface area (Å²) in [5, 5.41) is 0. The molecule has 1 aliphatic rings. The summed E-state index contributed by atoms with van der Waals surface area (Å²) >= 11 is 3.58. The number of rotatable bonds is 5. The van der Waals surface area contributed by atoms with E-state index >= 15 is 0 Å². The highest BCUT2D eigenvalue weighted by Crippen LogP contribution is 2.40. The van der Waals surface area contributed by atoms with Gasteiger partial charge in [0.05, 0.1) is 5.56 Å². The molecule has 1 fully saturated rings. The number of methoxy groups -OCH3 is 2. The van der Waals surface area contributed by atoms with Gasteiger partial charge in [-0.15, -0.1) is 0 Å². The molecule has 130 valence electrons. The van der Waals surface area contributed by atoms with E-state index in [-0.39, 0.29) is 5.92 Å². The predicted molar refractivity (Wildman–Crippen MR) is 101 cm³/mol. The Morgan fingerprint density at radius 3 is 2.44 bits per heavy atom. The number of ether oxygens (including phenoxy) is 3. The molecule has 0 saturated heterocycles. The number of hydrogen-bond acceptors (Lipinski definition) is 3. The fourth-order valence-electron chi connectivity index (χ4n) is 2.87. The Morgan fingerprint density at radius 2 is 1.76 bits per heavy atom. The van der Waals surface area contributed by atoms with Crippen LogP contribution in [0.25, 0.3) is 0 Å². The van der Waals surface area contributed by atoms with Crippen molar-refractivity contribution in [1.29, 1.82) is 0 Å². The lowest BCUT2D eigenvalue weighted by atomic mass is 9.79. The van der Waals surface area contributed by atoms with Crippen LogP contribution in [0.1, 0.15) is 24.0 Å². The molecule has 25 heavy (non-hydrogen) atoms. The van der Waals surface area contributed by atoms with E-state index in [1.165, 1.54) is 0 Å². The summed E-state index contributed by atoms with van der Waals surface area (Å²) in [4.78, 5) is 0. The Labute approximate surface area is 157 Å². The largest absolute Gasteiger partial charge is 0.488 e. The third kappa shape index (κ3) is 4.24. The van der Waals surface area contributed by atoms with Crippen molar-refractivity contribution in [2.75, 3.05) is 14.2 Å². The van der Waals surface area contributed by atoms with Gasteiger partial charge in [-0.1, -0.05) is 48.2 Å². The number of benzene rings is 2. The van der Waals surface area contributed by atoms with Crippen LogP contribution in [-0.4, -0.2) is 20.0 Å². The Balaban J connectivity index is 1.71. The van der Waals surface area contributed by atoms with Gasteiger partial charge >= 0.3 is 0 Å². The maximum absolute atomic E-state index is 5.99. The van der Waals surface area contributed by atoms with Gasteiger partial charge in [0.15, 0.2) is 5.79 Å². The van der Waals surface area contributed by atoms with Crippen molar-refractivity contribution in [2.45, 2.75) is 25.2 Å². The van der Waals surface area contributed by atoms with Crippen molar-refractivity contribution in [3.8, 4) is 17.6 Å². The Hall–Kier alpha value is -1.80. The minimum absolute atomic E-state index is 0.272. The summed E-state index contributed by atoms with van der Waals surface area (Å²) < 4.78 is 17.8. The Kier molecular flexibility index (Phi) is 5.80. The summed E-state index contributed by atoms with van der Waals surface area (Å²) in [6.45, 7) is 0.520. The summed E-state index contributed by atoms with van der Waals surface area (Å²) in [7, 11) is 3.35. The van der Waals surface area contributed by atoms with E-state index in [4.69, 9.17) is 14.2 Å². The van der Waals surface area contributed by atoms with Gasteiger partial charge in [-0.05, 0) is 33.6 Å². The molecular weight excluding hydrogens is 380 g/mol. The van der Waals surface area contributed by atoms with E-state index in [2.05, 4.69) is 27.8 Å². The molecule has 2 aromatic rings. The average Bonchev–Trinajstić information content (AvgIpc) is 2.61. The molecule has 0 heterocycles. The van der Waals surface area contributed by atoms with E-state index in [0.717, 1.165) is 34.2 Å². The second-order valence-corrected chi connectivity index (χ2v) is 6.94. The van der Waals surface area contributed by atoms with Crippen LogP contribution in [0.15, 0.2) is 53.0 Å². The maximum Gasteiger partial charge on any atom is 0.169 e. The smallest absolute Gasteiger partial charge is 0.169 e. The van der Waals surface area contributed by atoms with Crippen molar-refractivity contribution in [2.24, 2.45) is 5.92 Å². The minimum atomic E-state index is -0.458. The van der Waals surface area contributed by atoms with Crippen molar-refractivity contribution >= 4 is 15.9 Å². The summed E-state index contributed by atoms with van der Waals surface area (Å²) in [6, 6.07) is 16.0. The van der Waals surface area contributed by atoms with Crippen molar-refractivity contribution < 1.29 is 14.2 Å². The van der Waals surface area contributed by atoms with Crippen LogP contribution >= 0.6 is 15.9 Å². The number of hydrogen-bond donors (Lipinski definition) is 0. The van der Waals surface area contributed by atoms with E-state index in [1.807, 2.05) is 48.5 Å². The fraction of sp³-hybridized carbons (Fsp3) is 0.333. The monoisotopic (exact) mass is 400 g/mol. The van der Waals surface area contributed by atoms with Crippen LogP contribution in [0.5, 0.6) is 5.75 Å². The van der Waals surface area contributed by atoms with Crippen LogP contribution in [0.3, 0.4) is 0 Å². The first-order valence-corrected chi connectivity index (χ1v) is 9.02. The van der Waals surface area contributed by atoms with Gasteiger partial charge < -0.3 is 14.2 Å². The molecule has 0 radical (unpaired) electrons. The lowest BCUT2D eigenvalue weighted by Crippen LogP contribution is -2.46. The minimum Gasteiger partial charge on any atom is -0.488 e. The molecule has 0 bridgehead atoms. The average molecular weight is 401 g/mol. The van der Waals surface area contributed by atoms with Crippen molar-refractivity contribution in [3.05, 3.63) is 64.1 Å². The third-order valence-electron chi connectivity index (χ3n) is 4.47. The second-order valence-electron chi connectivity index (χ2n) is 6.08. The van der Waals surface area contributed by atoms with Crippen LogP contribution in [0, 0.1) is 17.8 Å². The molecule has 3 rings (SSSR count). The van der Waals surface area contributed by atoms with Gasteiger partial charge in [-0.3, -0.25) is 0 Å². The molecule has 1 saturated carbocycles. The molecule has 1 aliphatic carbocycles. The Morgan fingerprint density at radius 1 is 1.04 bits per heavy atom. The first kappa shape index (κ1) is 18.0. The van der Waals surface area contributed by atoms with Crippen LogP contribution in [0.2, 0.25) is 0 Å². The molecule has 0 amide bonds. The molecule has 0 spiro atoms. The van der Waals surface area contributed by atoms with Crippen LogP contribution in [-0.2, 0) is 16.1 Å². The zero-order valence-electron chi connectivity index (χ0n) is 14.4. The molecule has 2 aromatic carbocycles. The fourth-order valence-corrected chi connectivity index (χ4v) is 3.31. The van der Waals surface area contributed by atoms with Crippen molar-refractivity contribution in [3.63, 3.8) is 0 Å². The summed E-state index contributed by atoms with van der Waals surface area (Å²) in [5.41, 5.74) is 2.01. The van der Waals surface area contributed by atoms with Gasteiger partial charge in [0, 0.05) is 37.5 Å². The van der Waals surface area contributed by atoms with Gasteiger partial charge in [0.2, 0.25) is 0 Å². The highest BCUT2D eigenvalue weighted by molar-refractivity contribution is 9.10. The lowest BCUT2D eigenvalue weighted by molar-refractivity contribution is -0.261. The molecule has 0 aromatic heterocycles. The molecule has 3 nitrogen and oxygen atoms in total. The van der Waals surface area contributed by atoms with Crippen LogP contribution in [0.4, 0.5) is 0 Å². The van der Waals surface area contributed by atoms with Crippen LogP contribution < -0.4 is 4.74 Å². The second kappa shape index (κ2) is 8.05. The zero-order valence-corrected chi connectivity index (χ0v) is 16.0. The highest BCUT2D eigenvalue weighted by atomic mass is 79.9. The van der Waals surface area contributed by atoms with E-state index in [9.17, 15) is 0 Å². The molecule has 4 heteroatoms. The standard InChI is InChI=1S/C21H21BrO3/c1-23-21(24-2)13-17(14-21)11-12-18-19(22)9-6-10-20(18)25-15-16-7-4-3-5-8-16/h3-10,17H,13-15H2,1-2H3. The summed E-state index contributed by atoms with van der Waals surface area (Å²) in [5.74, 6) is 7.19. The lowest BCUT2D eigenvalue weighted by Gasteiger charge is -2.42. The van der Waals surface area contributed by atoms with E-state index in [1.54, 1.807) is 14.2 Å². The first-order chi connectivity index (χ1) is 12.2. The molecule has 0 aliphatic heterocycles. The van der Waals surface area contributed by atoms with Gasteiger partial charge in [-0.2, -0.15) is 0 Å². The van der Waals surface area contributed by atoms with E-state index < -0.39 is 5.79 Å². The topological polar surface area (TPSA) is 27.7 Å². The first-order valence-electron chi connectivity index (χ1n) is 8.23.